The zero-order valence-corrected chi connectivity index (χ0v) is 12.9. The van der Waals surface area contributed by atoms with Gasteiger partial charge in [-0.3, -0.25) is 4.79 Å². The monoisotopic (exact) mass is 373 g/mol. The van der Waals surface area contributed by atoms with Gasteiger partial charge in [0.25, 0.3) is 5.91 Å². The van der Waals surface area contributed by atoms with Gasteiger partial charge in [0, 0.05) is 10.2 Å². The second-order valence-electron chi connectivity index (χ2n) is 4.65. The van der Waals surface area contributed by atoms with Gasteiger partial charge in [-0.05, 0) is 42.8 Å². The Hall–Kier alpha value is -2.02. The molecule has 2 N–H and O–H groups in total. The van der Waals surface area contributed by atoms with Crippen LogP contribution in [-0.2, 0) is 6.18 Å². The Balaban J connectivity index is 2.30. The molecule has 0 aliphatic rings. The topological polar surface area (TPSA) is 49.3 Å². The molecular formula is C15H11BrF3NO2. The predicted octanol–water partition coefficient (Wildman–Crippen LogP) is 4.73. The summed E-state index contributed by atoms with van der Waals surface area (Å²) in [5.74, 6) is -0.908. The number of carbonyl (C=O) groups excluding carboxylic acids is 1. The highest BCUT2D eigenvalue weighted by atomic mass is 79.9. The molecule has 0 aromatic heterocycles. The molecule has 0 saturated heterocycles. The van der Waals surface area contributed by atoms with Crippen LogP contribution in [0.15, 0.2) is 40.9 Å². The van der Waals surface area contributed by atoms with Crippen molar-refractivity contribution in [2.45, 2.75) is 13.1 Å². The molecular weight excluding hydrogens is 363 g/mol. The van der Waals surface area contributed by atoms with E-state index in [0.29, 0.717) is 10.0 Å². The van der Waals surface area contributed by atoms with Crippen molar-refractivity contribution >= 4 is 27.5 Å². The average Bonchev–Trinajstić information content (AvgIpc) is 2.42. The van der Waals surface area contributed by atoms with Crippen LogP contribution in [0.5, 0.6) is 5.75 Å². The Morgan fingerprint density at radius 2 is 1.91 bits per heavy atom. The van der Waals surface area contributed by atoms with Gasteiger partial charge in [0.15, 0.2) is 0 Å². The molecule has 0 aliphatic heterocycles. The van der Waals surface area contributed by atoms with Crippen molar-refractivity contribution in [3.63, 3.8) is 0 Å². The number of aryl methyl sites for hydroxylation is 1. The molecule has 0 unspecified atom stereocenters. The quantitative estimate of drug-likeness (QED) is 0.798. The van der Waals surface area contributed by atoms with Gasteiger partial charge in [0.05, 0.1) is 11.1 Å². The van der Waals surface area contributed by atoms with Gasteiger partial charge in [0.2, 0.25) is 0 Å². The number of nitrogens with one attached hydrogen (secondary N) is 1. The Morgan fingerprint density at radius 1 is 1.23 bits per heavy atom. The minimum Gasteiger partial charge on any atom is -0.507 e. The van der Waals surface area contributed by atoms with Crippen LogP contribution >= 0.6 is 15.9 Å². The number of carbonyl (C=O) groups is 1. The van der Waals surface area contributed by atoms with Crippen molar-refractivity contribution < 1.29 is 23.1 Å². The lowest BCUT2D eigenvalue weighted by Gasteiger charge is -2.11. The summed E-state index contributed by atoms with van der Waals surface area (Å²) in [7, 11) is 0. The van der Waals surface area contributed by atoms with E-state index in [1.165, 1.54) is 18.2 Å². The molecule has 0 bridgehead atoms. The predicted molar refractivity (Wildman–Crippen MR) is 79.9 cm³/mol. The van der Waals surface area contributed by atoms with Crippen LogP contribution in [0, 0.1) is 6.92 Å². The van der Waals surface area contributed by atoms with Crippen molar-refractivity contribution in [2.24, 2.45) is 0 Å². The van der Waals surface area contributed by atoms with Gasteiger partial charge >= 0.3 is 6.18 Å². The lowest BCUT2D eigenvalue weighted by Crippen LogP contribution is -2.13. The number of amides is 1. The van der Waals surface area contributed by atoms with Gasteiger partial charge in [-0.2, -0.15) is 13.2 Å². The highest BCUT2D eigenvalue weighted by Crippen LogP contribution is 2.31. The number of anilines is 1. The van der Waals surface area contributed by atoms with Crippen LogP contribution in [-0.4, -0.2) is 11.0 Å². The van der Waals surface area contributed by atoms with Crippen molar-refractivity contribution in [1.29, 1.82) is 0 Å². The number of hydrogen-bond acceptors (Lipinski definition) is 2. The summed E-state index contributed by atoms with van der Waals surface area (Å²) >= 11 is 3.20. The number of hydrogen-bond donors (Lipinski definition) is 2. The van der Waals surface area contributed by atoms with E-state index >= 15 is 0 Å². The number of halogens is 4. The lowest BCUT2D eigenvalue weighted by atomic mass is 10.1. The lowest BCUT2D eigenvalue weighted by molar-refractivity contribution is -0.137. The Labute approximate surface area is 132 Å². The molecule has 0 saturated carbocycles. The van der Waals surface area contributed by atoms with Crippen molar-refractivity contribution in [2.75, 3.05) is 5.32 Å². The van der Waals surface area contributed by atoms with Crippen molar-refractivity contribution in [3.8, 4) is 5.75 Å². The summed E-state index contributed by atoms with van der Waals surface area (Å²) in [5.41, 5.74) is -0.412. The molecule has 22 heavy (non-hydrogen) atoms. The number of alkyl halides is 3. The maximum atomic E-state index is 12.6. The average molecular weight is 374 g/mol. The van der Waals surface area contributed by atoms with E-state index in [9.17, 15) is 23.1 Å². The largest absolute Gasteiger partial charge is 0.507 e. The number of phenolic OH excluding ortho intramolecular Hbond substituents is 1. The van der Waals surface area contributed by atoms with E-state index in [-0.39, 0.29) is 17.0 Å². The SMILES string of the molecule is Cc1cc(Br)cc(C(=O)Nc2cccc(C(F)(F)F)c2)c1O. The van der Waals surface area contributed by atoms with E-state index in [2.05, 4.69) is 21.2 Å². The molecule has 0 radical (unpaired) electrons. The summed E-state index contributed by atoms with van der Waals surface area (Å²) in [6, 6.07) is 7.30. The van der Waals surface area contributed by atoms with Crippen LogP contribution in [0.2, 0.25) is 0 Å². The van der Waals surface area contributed by atoms with Gasteiger partial charge in [-0.1, -0.05) is 22.0 Å². The van der Waals surface area contributed by atoms with E-state index in [1.807, 2.05) is 0 Å². The second kappa shape index (κ2) is 6.00. The molecule has 7 heteroatoms. The number of benzene rings is 2. The Bertz CT molecular complexity index is 729. The maximum absolute atomic E-state index is 12.6. The van der Waals surface area contributed by atoms with Crippen molar-refractivity contribution in [1.82, 2.24) is 0 Å². The summed E-state index contributed by atoms with van der Waals surface area (Å²) in [5, 5.41) is 12.2. The van der Waals surface area contributed by atoms with Gasteiger partial charge in [-0.25, -0.2) is 0 Å². The smallest absolute Gasteiger partial charge is 0.416 e. The first-order chi connectivity index (χ1) is 10.2. The molecule has 116 valence electrons. The Kier molecular flexibility index (Phi) is 4.46. The van der Waals surface area contributed by atoms with Crippen LogP contribution in [0.4, 0.5) is 18.9 Å². The number of rotatable bonds is 2. The third kappa shape index (κ3) is 3.59. The molecule has 2 rings (SSSR count). The first kappa shape index (κ1) is 16.4. The Morgan fingerprint density at radius 3 is 2.55 bits per heavy atom. The van der Waals surface area contributed by atoms with Crippen LogP contribution in [0.1, 0.15) is 21.5 Å². The summed E-state index contributed by atoms with van der Waals surface area (Å²) in [6.45, 7) is 1.61. The molecule has 2 aromatic rings. The fraction of sp³-hybridized carbons (Fsp3) is 0.133. The molecule has 0 atom stereocenters. The van der Waals surface area contributed by atoms with E-state index in [4.69, 9.17) is 0 Å². The zero-order valence-electron chi connectivity index (χ0n) is 11.3. The number of phenols is 1. The number of aromatic hydroxyl groups is 1. The van der Waals surface area contributed by atoms with Crippen LogP contribution < -0.4 is 5.32 Å². The van der Waals surface area contributed by atoms with Gasteiger partial charge < -0.3 is 10.4 Å². The highest BCUT2D eigenvalue weighted by Gasteiger charge is 2.30. The van der Waals surface area contributed by atoms with Crippen LogP contribution in [0.25, 0.3) is 0 Å². The maximum Gasteiger partial charge on any atom is 0.416 e. The summed E-state index contributed by atoms with van der Waals surface area (Å²) in [6.07, 6.45) is -4.49. The van der Waals surface area contributed by atoms with Gasteiger partial charge in [-0.15, -0.1) is 0 Å². The fourth-order valence-electron chi connectivity index (χ4n) is 1.88. The fourth-order valence-corrected chi connectivity index (χ4v) is 2.45. The minimum absolute atomic E-state index is 0.00291. The highest BCUT2D eigenvalue weighted by molar-refractivity contribution is 9.10. The first-order valence-electron chi connectivity index (χ1n) is 6.16. The summed E-state index contributed by atoms with van der Waals surface area (Å²) in [4.78, 5) is 12.1. The molecule has 2 aromatic carbocycles. The first-order valence-corrected chi connectivity index (χ1v) is 6.95. The zero-order chi connectivity index (χ0) is 16.5. The standard InChI is InChI=1S/C15H11BrF3NO2/c1-8-5-10(16)7-12(13(8)21)14(22)20-11-4-2-3-9(6-11)15(17,18)19/h2-7,21H,1H3,(H,20,22). The van der Waals surface area contributed by atoms with E-state index in [1.54, 1.807) is 13.0 Å². The normalized spacial score (nSPS) is 11.3. The third-order valence-electron chi connectivity index (χ3n) is 2.96. The van der Waals surface area contributed by atoms with E-state index in [0.717, 1.165) is 12.1 Å². The minimum atomic E-state index is -4.49. The third-order valence-corrected chi connectivity index (χ3v) is 3.42. The molecule has 0 spiro atoms. The molecule has 0 heterocycles. The molecule has 3 nitrogen and oxygen atoms in total. The molecule has 1 amide bonds. The summed E-state index contributed by atoms with van der Waals surface area (Å²) < 4.78 is 38.5. The molecule has 0 aliphatic carbocycles. The van der Waals surface area contributed by atoms with Crippen molar-refractivity contribution in [3.05, 3.63) is 57.6 Å². The van der Waals surface area contributed by atoms with Gasteiger partial charge in [0.1, 0.15) is 5.75 Å². The molecule has 0 fully saturated rings. The van der Waals surface area contributed by atoms with E-state index < -0.39 is 17.6 Å². The second-order valence-corrected chi connectivity index (χ2v) is 5.57. The van der Waals surface area contributed by atoms with Crippen LogP contribution in [0.3, 0.4) is 0 Å².